The lowest BCUT2D eigenvalue weighted by Crippen LogP contribution is -2.74. The molecule has 3 aromatic carbocycles. The second-order valence-electron chi connectivity index (χ2n) is 10.8. The Kier molecular flexibility index (Phi) is 11.6. The topological polar surface area (TPSA) is 29.7 Å². The molecule has 0 aromatic heterocycles. The number of rotatable bonds is 14. The third kappa shape index (κ3) is 7.04. The van der Waals surface area contributed by atoms with E-state index in [0.717, 1.165) is 44.9 Å². The van der Waals surface area contributed by atoms with E-state index in [4.69, 9.17) is 4.74 Å². The van der Waals surface area contributed by atoms with Gasteiger partial charge in [0.15, 0.2) is 6.54 Å². The summed E-state index contributed by atoms with van der Waals surface area (Å²) in [7, 11) is 1.75. The summed E-state index contributed by atoms with van der Waals surface area (Å²) in [5.74, 6) is 0. The molecule has 4 rings (SSSR count). The van der Waals surface area contributed by atoms with Crippen LogP contribution in [0.25, 0.3) is 11.1 Å². The van der Waals surface area contributed by atoms with Gasteiger partial charge in [0.05, 0.1) is 5.56 Å². The molecule has 0 unspecified atom stereocenters. The quantitative estimate of drug-likeness (QED) is 0.219. The summed E-state index contributed by atoms with van der Waals surface area (Å²) in [6.07, 6.45) is 7.97. The van der Waals surface area contributed by atoms with Gasteiger partial charge in [-0.15, -0.1) is 0 Å². The zero-order valence-corrected chi connectivity index (χ0v) is 26.7. The van der Waals surface area contributed by atoms with Crippen LogP contribution in [0.4, 0.5) is 11.4 Å². The maximum atomic E-state index is 5.31. The minimum Gasteiger partial charge on any atom is -0.378 e. The van der Waals surface area contributed by atoms with E-state index in [2.05, 4.69) is 128 Å². The Bertz CT molecular complexity index is 1390. The first kappa shape index (κ1) is 31.3. The van der Waals surface area contributed by atoms with E-state index in [1.165, 1.54) is 63.2 Å². The van der Waals surface area contributed by atoms with E-state index >= 15 is 0 Å². The predicted molar refractivity (Wildman–Crippen MR) is 182 cm³/mol. The summed E-state index contributed by atoms with van der Waals surface area (Å²) in [6, 6.07) is 25.2. The summed E-state index contributed by atoms with van der Waals surface area (Å²) >= 11 is 0. The highest BCUT2D eigenvalue weighted by Gasteiger charge is 2.24. The van der Waals surface area contributed by atoms with Crippen molar-refractivity contribution >= 4 is 28.2 Å². The van der Waals surface area contributed by atoms with E-state index in [1.807, 2.05) is 0 Å². The number of anilines is 2. The Morgan fingerprint density at radius 3 is 2.02 bits per heavy atom. The Balaban J connectivity index is 1.98. The number of ether oxygens (including phenoxy) is 1. The standard InChI is InChI=1S/C38H49N3O/c1-7-12-15-30-28-32(41(10-4)11-5)22-23-33(30)38(29-18-20-31(21-19-29)40(8-2)9-3)36-24-25-37(39-26-27-42-6)35-17-14-13-16-34(35)36/h13-14,16-25,28H,7-12,15,26-27H2,1-6H3/p+1. The molecular formula is C38H50N3O+. The van der Waals surface area contributed by atoms with Crippen molar-refractivity contribution < 1.29 is 9.73 Å². The lowest BCUT2D eigenvalue weighted by Gasteiger charge is -2.26. The highest BCUT2D eigenvalue weighted by atomic mass is 16.5. The molecule has 0 bridgehead atoms. The molecule has 0 radical (unpaired) electrons. The summed E-state index contributed by atoms with van der Waals surface area (Å²) in [5, 5.41) is 0. The fourth-order valence-electron chi connectivity index (χ4n) is 6.03. The first-order valence-electron chi connectivity index (χ1n) is 15.9. The van der Waals surface area contributed by atoms with Crippen LogP contribution in [0.5, 0.6) is 0 Å². The van der Waals surface area contributed by atoms with Crippen molar-refractivity contribution in [2.45, 2.75) is 53.9 Å². The van der Waals surface area contributed by atoms with Crippen molar-refractivity contribution in [3.8, 4) is 0 Å². The third-order valence-electron chi connectivity index (χ3n) is 8.39. The molecule has 1 aliphatic rings. The van der Waals surface area contributed by atoms with Crippen LogP contribution in [0.3, 0.4) is 0 Å². The second kappa shape index (κ2) is 15.6. The molecule has 4 nitrogen and oxygen atoms in total. The minimum absolute atomic E-state index is 0.673. The number of unbranched alkanes of at least 4 members (excludes halogenated alkanes) is 1. The SMILES string of the molecule is CCCCc1cc(N(CC)CC)ccc1C(=C1C=CC(=[NH+]CCOC)c2ccccc21)c1ccc(N(CC)CC)cc1. The van der Waals surface area contributed by atoms with Gasteiger partial charge in [0, 0.05) is 50.7 Å². The van der Waals surface area contributed by atoms with E-state index in [-0.39, 0.29) is 0 Å². The Hall–Kier alpha value is -3.63. The smallest absolute Gasteiger partial charge is 0.206 e. The lowest BCUT2D eigenvalue weighted by atomic mass is 9.81. The maximum absolute atomic E-state index is 5.31. The molecule has 0 heterocycles. The highest BCUT2D eigenvalue weighted by Crippen LogP contribution is 2.39. The van der Waals surface area contributed by atoms with E-state index < -0.39 is 0 Å². The normalized spacial score (nSPS) is 14.7. The van der Waals surface area contributed by atoms with Crippen LogP contribution in [0, 0.1) is 0 Å². The molecule has 42 heavy (non-hydrogen) atoms. The Morgan fingerprint density at radius 1 is 0.738 bits per heavy atom. The fourth-order valence-corrected chi connectivity index (χ4v) is 6.03. The lowest BCUT2D eigenvalue weighted by molar-refractivity contribution is -0.459. The Morgan fingerprint density at radius 2 is 1.38 bits per heavy atom. The summed E-state index contributed by atoms with van der Waals surface area (Å²) in [6.45, 7) is 16.7. The van der Waals surface area contributed by atoms with E-state index in [9.17, 15) is 0 Å². The molecule has 0 spiro atoms. The monoisotopic (exact) mass is 564 g/mol. The van der Waals surface area contributed by atoms with Gasteiger partial charge >= 0.3 is 0 Å². The van der Waals surface area contributed by atoms with Gasteiger partial charge in [-0.25, -0.2) is 4.99 Å². The number of aryl methyl sites for hydroxylation is 1. The van der Waals surface area contributed by atoms with Crippen LogP contribution >= 0.6 is 0 Å². The molecule has 0 aliphatic heterocycles. The molecule has 1 aliphatic carbocycles. The minimum atomic E-state index is 0.673. The van der Waals surface area contributed by atoms with Crippen LogP contribution in [-0.4, -0.2) is 52.2 Å². The van der Waals surface area contributed by atoms with Gasteiger partial charge in [-0.3, -0.25) is 0 Å². The van der Waals surface area contributed by atoms with Gasteiger partial charge in [0.25, 0.3) is 0 Å². The number of nitrogens with zero attached hydrogens (tertiary/aromatic N) is 2. The largest absolute Gasteiger partial charge is 0.378 e. The van der Waals surface area contributed by atoms with Gasteiger partial charge in [0.1, 0.15) is 6.61 Å². The Labute approximate surface area is 254 Å². The predicted octanol–water partition coefficient (Wildman–Crippen LogP) is 6.77. The van der Waals surface area contributed by atoms with E-state index in [0.29, 0.717) is 6.61 Å². The fraction of sp³-hybridized carbons (Fsp3) is 0.395. The van der Waals surface area contributed by atoms with Gasteiger partial charge in [-0.1, -0.05) is 49.7 Å². The molecule has 4 heteroatoms. The van der Waals surface area contributed by atoms with Crippen LogP contribution in [-0.2, 0) is 11.2 Å². The zero-order chi connectivity index (χ0) is 29.9. The number of benzene rings is 3. The summed E-state index contributed by atoms with van der Waals surface area (Å²) < 4.78 is 5.31. The number of methoxy groups -OCH3 is 1. The zero-order valence-electron chi connectivity index (χ0n) is 26.7. The number of nitrogens with one attached hydrogen (secondary N) is 1. The first-order valence-corrected chi connectivity index (χ1v) is 15.9. The highest BCUT2D eigenvalue weighted by molar-refractivity contribution is 6.17. The molecule has 0 fully saturated rings. The molecule has 3 aromatic rings. The molecular weight excluding hydrogens is 514 g/mol. The molecule has 0 saturated carbocycles. The number of hydrogen-bond donors (Lipinski definition) is 1. The number of fused-ring (bicyclic) bond motifs is 1. The second-order valence-corrected chi connectivity index (χ2v) is 10.8. The average Bonchev–Trinajstić information content (AvgIpc) is 3.03. The van der Waals surface area contributed by atoms with Gasteiger partial charge in [0.2, 0.25) is 5.71 Å². The van der Waals surface area contributed by atoms with Crippen molar-refractivity contribution in [2.24, 2.45) is 0 Å². The number of hydrogen-bond acceptors (Lipinski definition) is 3. The molecule has 0 saturated heterocycles. The van der Waals surface area contributed by atoms with Crippen LogP contribution in [0.1, 0.15) is 75.3 Å². The van der Waals surface area contributed by atoms with Crippen LogP contribution < -0.4 is 14.8 Å². The summed E-state index contributed by atoms with van der Waals surface area (Å²) in [5.41, 5.74) is 12.8. The van der Waals surface area contributed by atoms with Crippen LogP contribution in [0.15, 0.2) is 78.9 Å². The average molecular weight is 565 g/mol. The molecule has 1 N–H and O–H groups in total. The van der Waals surface area contributed by atoms with Crippen molar-refractivity contribution in [3.63, 3.8) is 0 Å². The van der Waals surface area contributed by atoms with Crippen LogP contribution in [0.2, 0.25) is 0 Å². The third-order valence-corrected chi connectivity index (χ3v) is 8.39. The van der Waals surface area contributed by atoms with Crippen molar-refractivity contribution in [2.75, 3.05) is 56.2 Å². The summed E-state index contributed by atoms with van der Waals surface area (Å²) in [4.78, 5) is 8.45. The van der Waals surface area contributed by atoms with E-state index in [1.54, 1.807) is 7.11 Å². The van der Waals surface area contributed by atoms with Gasteiger partial charge < -0.3 is 14.5 Å². The molecule has 0 amide bonds. The molecule has 0 atom stereocenters. The first-order chi connectivity index (χ1) is 20.6. The molecule has 222 valence electrons. The van der Waals surface area contributed by atoms with Gasteiger partial charge in [-0.2, -0.15) is 0 Å². The maximum Gasteiger partial charge on any atom is 0.206 e. The number of allylic oxidation sites excluding steroid dienone is 3. The van der Waals surface area contributed by atoms with Crippen molar-refractivity contribution in [3.05, 3.63) is 107 Å². The van der Waals surface area contributed by atoms with Gasteiger partial charge in [-0.05, 0) is 110 Å². The van der Waals surface area contributed by atoms with Crippen molar-refractivity contribution in [1.82, 2.24) is 0 Å². The van der Waals surface area contributed by atoms with Crippen molar-refractivity contribution in [1.29, 1.82) is 0 Å².